The molecule has 1 rings (SSSR count). The molecule has 0 radical (unpaired) electrons. The molecule has 0 atom stereocenters. The number of carboxylic acid groups (broad SMARTS) is 1. The number of rotatable bonds is 5. The number of aryl methyl sites for hydroxylation is 1. The van der Waals surface area contributed by atoms with E-state index in [4.69, 9.17) is 5.11 Å². The van der Waals surface area contributed by atoms with Crippen LogP contribution in [0.4, 0.5) is 4.39 Å². The molecule has 0 bridgehead atoms. The van der Waals surface area contributed by atoms with Gasteiger partial charge in [-0.1, -0.05) is 4.89 Å². The maximum atomic E-state index is 13.4. The van der Waals surface area contributed by atoms with Crippen LogP contribution in [0.25, 0.3) is 0 Å². The summed E-state index contributed by atoms with van der Waals surface area (Å²) in [6, 6.07) is 1.77. The first-order valence-corrected chi connectivity index (χ1v) is 6.45. The fourth-order valence-electron chi connectivity index (χ4n) is 1.23. The molecule has 0 aromatic heterocycles. The molecule has 6 nitrogen and oxygen atoms in total. The number of nitrogens with one attached hydrogen (secondary N) is 1. The summed E-state index contributed by atoms with van der Waals surface area (Å²) < 4.78 is 36.8. The number of halogens is 1. The molecule has 8 heteroatoms. The second kappa shape index (κ2) is 5.42. The van der Waals surface area contributed by atoms with Crippen LogP contribution in [-0.2, 0) is 14.9 Å². The Bertz CT molecular complexity index is 570. The third kappa shape index (κ3) is 3.03. The Morgan fingerprint density at radius 2 is 2.11 bits per heavy atom. The molecule has 0 heterocycles. The van der Waals surface area contributed by atoms with Crippen LogP contribution in [-0.4, -0.2) is 26.1 Å². The third-order valence-corrected chi connectivity index (χ3v) is 3.28. The second-order valence-corrected chi connectivity index (χ2v) is 5.07. The van der Waals surface area contributed by atoms with Crippen LogP contribution >= 0.6 is 0 Å². The molecule has 0 aliphatic heterocycles. The number of benzene rings is 1. The molecule has 18 heavy (non-hydrogen) atoms. The summed E-state index contributed by atoms with van der Waals surface area (Å²) in [7, 11) is -4.02. The summed E-state index contributed by atoms with van der Waals surface area (Å²) in [5.41, 5.74) is -0.779. The van der Waals surface area contributed by atoms with Crippen molar-refractivity contribution in [2.45, 2.75) is 18.7 Å². The van der Waals surface area contributed by atoms with Crippen molar-refractivity contribution in [3.8, 4) is 0 Å². The molecule has 1 aromatic rings. The van der Waals surface area contributed by atoms with E-state index in [2.05, 4.69) is 4.84 Å². The number of hydrogen-bond donors (Lipinski definition) is 2. The SMILES string of the molecule is CCONS(=O)(=O)c1cc(C)c(F)c(C(=O)O)c1. The normalized spacial score (nSPS) is 11.5. The van der Waals surface area contributed by atoms with E-state index in [9.17, 15) is 17.6 Å². The lowest BCUT2D eigenvalue weighted by atomic mass is 10.1. The van der Waals surface area contributed by atoms with Gasteiger partial charge in [0.25, 0.3) is 10.0 Å². The maximum absolute atomic E-state index is 13.4. The predicted octanol–water partition coefficient (Wildman–Crippen LogP) is 1.06. The Balaban J connectivity index is 3.31. The number of carbonyl (C=O) groups is 1. The van der Waals surface area contributed by atoms with Gasteiger partial charge in [0, 0.05) is 0 Å². The molecule has 1 aromatic carbocycles. The molecule has 0 unspecified atom stereocenters. The van der Waals surface area contributed by atoms with E-state index in [1.807, 2.05) is 0 Å². The van der Waals surface area contributed by atoms with Gasteiger partial charge in [-0.05, 0) is 31.5 Å². The molecule has 0 spiro atoms. The molecule has 0 aliphatic carbocycles. The largest absolute Gasteiger partial charge is 0.478 e. The zero-order valence-electron chi connectivity index (χ0n) is 9.73. The first-order chi connectivity index (χ1) is 8.29. The van der Waals surface area contributed by atoms with Crippen molar-refractivity contribution in [2.24, 2.45) is 0 Å². The van der Waals surface area contributed by atoms with Gasteiger partial charge in [0.2, 0.25) is 0 Å². The van der Waals surface area contributed by atoms with Crippen LogP contribution in [0.5, 0.6) is 0 Å². The van der Waals surface area contributed by atoms with E-state index in [0.29, 0.717) is 0 Å². The number of aromatic carboxylic acids is 1. The lowest BCUT2D eigenvalue weighted by molar-refractivity contribution is 0.0691. The molecule has 2 N–H and O–H groups in total. The van der Waals surface area contributed by atoms with Crippen molar-refractivity contribution in [2.75, 3.05) is 6.61 Å². The third-order valence-electron chi connectivity index (χ3n) is 2.08. The van der Waals surface area contributed by atoms with Crippen molar-refractivity contribution >= 4 is 16.0 Å². The smallest absolute Gasteiger partial charge is 0.338 e. The average Bonchev–Trinajstić information content (AvgIpc) is 2.29. The van der Waals surface area contributed by atoms with Crippen molar-refractivity contribution in [3.05, 3.63) is 29.1 Å². The predicted molar refractivity (Wildman–Crippen MR) is 60.0 cm³/mol. The van der Waals surface area contributed by atoms with Crippen LogP contribution < -0.4 is 4.89 Å². The van der Waals surface area contributed by atoms with Gasteiger partial charge in [-0.15, -0.1) is 0 Å². The van der Waals surface area contributed by atoms with Gasteiger partial charge in [0.1, 0.15) is 5.82 Å². The lowest BCUT2D eigenvalue weighted by Gasteiger charge is -2.08. The van der Waals surface area contributed by atoms with Gasteiger partial charge >= 0.3 is 5.97 Å². The standard InChI is InChI=1S/C10H12FNO5S/c1-3-17-12-18(15,16)7-4-6(2)9(11)8(5-7)10(13)14/h4-5,12H,3H2,1-2H3,(H,13,14). The molecule has 100 valence electrons. The van der Waals surface area contributed by atoms with Gasteiger partial charge in [-0.25, -0.2) is 17.6 Å². The van der Waals surface area contributed by atoms with E-state index < -0.39 is 27.4 Å². The zero-order chi connectivity index (χ0) is 13.9. The Morgan fingerprint density at radius 1 is 1.50 bits per heavy atom. The first kappa shape index (κ1) is 14.6. The maximum Gasteiger partial charge on any atom is 0.338 e. The number of carboxylic acids is 1. The minimum Gasteiger partial charge on any atom is -0.478 e. The van der Waals surface area contributed by atoms with Crippen LogP contribution in [0.1, 0.15) is 22.8 Å². The van der Waals surface area contributed by atoms with Crippen LogP contribution in [0.2, 0.25) is 0 Å². The fraction of sp³-hybridized carbons (Fsp3) is 0.300. The van der Waals surface area contributed by atoms with Crippen molar-refractivity contribution < 1.29 is 27.5 Å². The monoisotopic (exact) mass is 277 g/mol. The Kier molecular flexibility index (Phi) is 4.38. The molecular formula is C10H12FNO5S. The number of hydrogen-bond acceptors (Lipinski definition) is 4. The van der Waals surface area contributed by atoms with E-state index in [1.54, 1.807) is 11.8 Å². The Labute approximate surface area is 103 Å². The zero-order valence-corrected chi connectivity index (χ0v) is 10.5. The van der Waals surface area contributed by atoms with Gasteiger partial charge in [0.15, 0.2) is 0 Å². The highest BCUT2D eigenvalue weighted by atomic mass is 32.2. The van der Waals surface area contributed by atoms with E-state index in [0.717, 1.165) is 12.1 Å². The van der Waals surface area contributed by atoms with Crippen LogP contribution in [0, 0.1) is 12.7 Å². The average molecular weight is 277 g/mol. The first-order valence-electron chi connectivity index (χ1n) is 4.96. The van der Waals surface area contributed by atoms with Crippen molar-refractivity contribution in [3.63, 3.8) is 0 Å². The lowest BCUT2D eigenvalue weighted by Crippen LogP contribution is -2.24. The van der Waals surface area contributed by atoms with Gasteiger partial charge in [0.05, 0.1) is 17.1 Å². The van der Waals surface area contributed by atoms with E-state index in [-0.39, 0.29) is 17.1 Å². The second-order valence-electron chi connectivity index (χ2n) is 3.43. The molecule has 0 amide bonds. The summed E-state index contributed by atoms with van der Waals surface area (Å²) in [6.07, 6.45) is 0. The quantitative estimate of drug-likeness (QED) is 0.785. The summed E-state index contributed by atoms with van der Waals surface area (Å²) in [5, 5.41) is 8.77. The van der Waals surface area contributed by atoms with Crippen LogP contribution in [0.3, 0.4) is 0 Å². The van der Waals surface area contributed by atoms with E-state index >= 15 is 0 Å². The Hall–Kier alpha value is -1.51. The van der Waals surface area contributed by atoms with Gasteiger partial charge in [-0.3, -0.25) is 4.84 Å². The summed E-state index contributed by atoms with van der Waals surface area (Å²) >= 11 is 0. The molecule has 0 saturated carbocycles. The molecular weight excluding hydrogens is 265 g/mol. The number of sulfonamides is 1. The topological polar surface area (TPSA) is 92.7 Å². The molecule has 0 saturated heterocycles. The molecule has 0 aliphatic rings. The highest BCUT2D eigenvalue weighted by Crippen LogP contribution is 2.19. The van der Waals surface area contributed by atoms with E-state index in [1.165, 1.54) is 6.92 Å². The minimum atomic E-state index is -4.02. The highest BCUT2D eigenvalue weighted by Gasteiger charge is 2.21. The van der Waals surface area contributed by atoms with Crippen molar-refractivity contribution in [1.29, 1.82) is 0 Å². The minimum absolute atomic E-state index is 0.0771. The van der Waals surface area contributed by atoms with Gasteiger partial charge < -0.3 is 5.11 Å². The summed E-state index contributed by atoms with van der Waals surface area (Å²) in [5.74, 6) is -2.50. The summed E-state index contributed by atoms with van der Waals surface area (Å²) in [6.45, 7) is 2.95. The highest BCUT2D eigenvalue weighted by molar-refractivity contribution is 7.89. The van der Waals surface area contributed by atoms with Crippen molar-refractivity contribution in [1.82, 2.24) is 4.89 Å². The van der Waals surface area contributed by atoms with Gasteiger partial charge in [-0.2, -0.15) is 0 Å². The Morgan fingerprint density at radius 3 is 2.61 bits per heavy atom. The van der Waals surface area contributed by atoms with Crippen LogP contribution in [0.15, 0.2) is 17.0 Å². The molecule has 0 fully saturated rings. The fourth-order valence-corrected chi connectivity index (χ4v) is 2.21. The summed E-state index contributed by atoms with van der Waals surface area (Å²) in [4.78, 5) is 16.8.